The summed E-state index contributed by atoms with van der Waals surface area (Å²) >= 11 is 0. The Kier molecular flexibility index (Phi) is 8.13. The number of dihydropyridines is 1. The number of carbonyl (C=O) groups is 2. The third kappa shape index (κ3) is 5.55. The van der Waals surface area contributed by atoms with E-state index in [0.717, 1.165) is 5.70 Å². The van der Waals surface area contributed by atoms with Crippen LogP contribution in [0, 0.1) is 17.7 Å². The standard InChI is InChI=1S/C25H33FN2O5/c1-6-32-25(30)33-23-19(17-7-9-18(26)10-8-17)20(24(29)28-11-13-31-14-12-28)21(15(2)3)27-22(23)16(4)5/h7-10,15-16,19,27H,6,11-14H2,1-5H3. The average Bonchev–Trinajstić information content (AvgIpc) is 2.79. The van der Waals surface area contributed by atoms with Gasteiger partial charge in [-0.2, -0.15) is 0 Å². The molecule has 1 aromatic carbocycles. The van der Waals surface area contributed by atoms with Crippen molar-refractivity contribution in [3.05, 3.63) is 58.4 Å². The van der Waals surface area contributed by atoms with Crippen LogP contribution in [0.5, 0.6) is 0 Å². The lowest BCUT2D eigenvalue weighted by atomic mass is 9.80. The molecule has 0 aromatic heterocycles. The molecule has 1 amide bonds. The highest BCUT2D eigenvalue weighted by Gasteiger charge is 2.41. The van der Waals surface area contributed by atoms with Crippen LogP contribution >= 0.6 is 0 Å². The van der Waals surface area contributed by atoms with E-state index in [1.54, 1.807) is 24.0 Å². The second kappa shape index (κ2) is 10.8. The number of rotatable bonds is 6. The minimum absolute atomic E-state index is 0.00849. The first-order chi connectivity index (χ1) is 15.7. The van der Waals surface area contributed by atoms with E-state index < -0.39 is 12.1 Å². The van der Waals surface area contributed by atoms with Gasteiger partial charge in [0.2, 0.25) is 0 Å². The Morgan fingerprint density at radius 2 is 1.70 bits per heavy atom. The maximum absolute atomic E-state index is 13.9. The summed E-state index contributed by atoms with van der Waals surface area (Å²) in [6.45, 7) is 11.7. The second-order valence-electron chi connectivity index (χ2n) is 8.71. The van der Waals surface area contributed by atoms with Gasteiger partial charge in [-0.05, 0) is 36.5 Å². The molecular weight excluding hydrogens is 427 g/mol. The number of hydrogen-bond donors (Lipinski definition) is 1. The predicted molar refractivity (Wildman–Crippen MR) is 122 cm³/mol. The summed E-state index contributed by atoms with van der Waals surface area (Å²) in [5, 5.41) is 3.40. The highest BCUT2D eigenvalue weighted by molar-refractivity contribution is 5.97. The van der Waals surface area contributed by atoms with Gasteiger partial charge in [-0.15, -0.1) is 0 Å². The Morgan fingerprint density at radius 3 is 2.24 bits per heavy atom. The number of allylic oxidation sites excluding steroid dienone is 3. The van der Waals surface area contributed by atoms with Crippen molar-refractivity contribution in [3.8, 4) is 0 Å². The molecule has 1 unspecified atom stereocenters. The topological polar surface area (TPSA) is 77.1 Å². The van der Waals surface area contributed by atoms with Gasteiger partial charge >= 0.3 is 6.16 Å². The average molecular weight is 461 g/mol. The van der Waals surface area contributed by atoms with Crippen LogP contribution in [0.4, 0.5) is 9.18 Å². The number of nitrogens with one attached hydrogen (secondary N) is 1. The highest BCUT2D eigenvalue weighted by atomic mass is 19.1. The van der Waals surface area contributed by atoms with Crippen LogP contribution in [-0.4, -0.2) is 49.9 Å². The molecule has 0 aliphatic carbocycles. The van der Waals surface area contributed by atoms with Crippen LogP contribution in [0.25, 0.3) is 0 Å². The molecule has 2 aliphatic rings. The molecule has 0 radical (unpaired) electrons. The molecule has 7 nitrogen and oxygen atoms in total. The number of carbonyl (C=O) groups excluding carboxylic acids is 2. The van der Waals surface area contributed by atoms with Gasteiger partial charge in [0, 0.05) is 18.8 Å². The van der Waals surface area contributed by atoms with E-state index in [0.29, 0.717) is 48.9 Å². The smallest absolute Gasteiger partial charge is 0.434 e. The van der Waals surface area contributed by atoms with Gasteiger partial charge in [-0.1, -0.05) is 39.8 Å². The van der Waals surface area contributed by atoms with Crippen LogP contribution < -0.4 is 5.32 Å². The van der Waals surface area contributed by atoms with E-state index in [1.165, 1.54) is 12.1 Å². The molecule has 0 bridgehead atoms. The van der Waals surface area contributed by atoms with Gasteiger partial charge in [0.25, 0.3) is 5.91 Å². The lowest BCUT2D eigenvalue weighted by Crippen LogP contribution is -2.45. The van der Waals surface area contributed by atoms with Gasteiger partial charge in [-0.3, -0.25) is 4.79 Å². The monoisotopic (exact) mass is 460 g/mol. The molecule has 1 N–H and O–H groups in total. The van der Waals surface area contributed by atoms with E-state index in [9.17, 15) is 14.0 Å². The Morgan fingerprint density at radius 1 is 1.09 bits per heavy atom. The molecule has 1 atom stereocenters. The van der Waals surface area contributed by atoms with E-state index in [1.807, 2.05) is 27.7 Å². The van der Waals surface area contributed by atoms with Crippen LogP contribution in [0.3, 0.4) is 0 Å². The summed E-state index contributed by atoms with van der Waals surface area (Å²) in [4.78, 5) is 28.0. The molecule has 1 fully saturated rings. The number of halogens is 1. The van der Waals surface area contributed by atoms with Crippen LogP contribution in [0.15, 0.2) is 47.0 Å². The van der Waals surface area contributed by atoms with E-state index in [4.69, 9.17) is 14.2 Å². The Labute approximate surface area is 194 Å². The Balaban J connectivity index is 2.20. The minimum atomic E-state index is -0.842. The number of nitrogens with zero attached hydrogens (tertiary/aromatic N) is 1. The predicted octanol–water partition coefficient (Wildman–Crippen LogP) is 4.32. The first-order valence-electron chi connectivity index (χ1n) is 11.5. The molecule has 1 aromatic rings. The number of morpholine rings is 1. The molecular formula is C25H33FN2O5. The summed E-state index contributed by atoms with van der Waals surface area (Å²) in [7, 11) is 0. The van der Waals surface area contributed by atoms with Gasteiger partial charge in [0.05, 0.1) is 37.0 Å². The number of ether oxygens (including phenoxy) is 3. The summed E-state index contributed by atoms with van der Waals surface area (Å²) in [6.07, 6.45) is -0.842. The summed E-state index contributed by atoms with van der Waals surface area (Å²) in [6, 6.07) is 5.95. The fraction of sp³-hybridized carbons (Fsp3) is 0.520. The largest absolute Gasteiger partial charge is 0.513 e. The van der Waals surface area contributed by atoms with Crippen molar-refractivity contribution in [2.45, 2.75) is 40.5 Å². The van der Waals surface area contributed by atoms with Crippen molar-refractivity contribution in [1.82, 2.24) is 10.2 Å². The number of amides is 1. The molecule has 180 valence electrons. The quantitative estimate of drug-likeness (QED) is 0.637. The van der Waals surface area contributed by atoms with Crippen molar-refractivity contribution in [2.24, 2.45) is 11.8 Å². The third-order valence-electron chi connectivity index (χ3n) is 5.72. The van der Waals surface area contributed by atoms with Crippen molar-refractivity contribution in [2.75, 3.05) is 32.9 Å². The zero-order valence-corrected chi connectivity index (χ0v) is 19.9. The lowest BCUT2D eigenvalue weighted by molar-refractivity contribution is -0.131. The maximum Gasteiger partial charge on any atom is 0.513 e. The summed E-state index contributed by atoms with van der Waals surface area (Å²) in [5.41, 5.74) is 2.60. The molecule has 0 saturated carbocycles. The molecule has 0 spiro atoms. The highest BCUT2D eigenvalue weighted by Crippen LogP contribution is 2.43. The van der Waals surface area contributed by atoms with Crippen molar-refractivity contribution >= 4 is 12.1 Å². The molecule has 2 heterocycles. The van der Waals surface area contributed by atoms with Gasteiger partial charge in [0.15, 0.2) is 0 Å². The molecule has 8 heteroatoms. The van der Waals surface area contributed by atoms with Gasteiger partial charge < -0.3 is 24.4 Å². The van der Waals surface area contributed by atoms with Crippen molar-refractivity contribution < 1.29 is 28.2 Å². The van der Waals surface area contributed by atoms with Crippen LogP contribution in [-0.2, 0) is 19.0 Å². The minimum Gasteiger partial charge on any atom is -0.434 e. The molecule has 1 saturated heterocycles. The first kappa shape index (κ1) is 24.8. The first-order valence-corrected chi connectivity index (χ1v) is 11.5. The van der Waals surface area contributed by atoms with E-state index in [2.05, 4.69) is 5.32 Å². The van der Waals surface area contributed by atoms with Gasteiger partial charge in [0.1, 0.15) is 11.6 Å². The number of hydrogen-bond acceptors (Lipinski definition) is 6. The number of benzene rings is 1. The van der Waals surface area contributed by atoms with Crippen LogP contribution in [0.2, 0.25) is 0 Å². The maximum atomic E-state index is 13.9. The van der Waals surface area contributed by atoms with Crippen molar-refractivity contribution in [3.63, 3.8) is 0 Å². The molecule has 3 rings (SSSR count). The molecule has 2 aliphatic heterocycles. The summed E-state index contributed by atoms with van der Waals surface area (Å²) < 4.78 is 30.0. The van der Waals surface area contributed by atoms with Crippen molar-refractivity contribution in [1.29, 1.82) is 0 Å². The fourth-order valence-corrected chi connectivity index (χ4v) is 4.10. The van der Waals surface area contributed by atoms with E-state index >= 15 is 0 Å². The van der Waals surface area contributed by atoms with Crippen LogP contribution in [0.1, 0.15) is 46.1 Å². The molecule has 33 heavy (non-hydrogen) atoms. The Hall–Kier alpha value is -2.87. The lowest BCUT2D eigenvalue weighted by Gasteiger charge is -2.38. The van der Waals surface area contributed by atoms with E-state index in [-0.39, 0.29) is 30.2 Å². The summed E-state index contributed by atoms with van der Waals surface area (Å²) in [5.74, 6) is -0.978. The normalized spacial score (nSPS) is 19.2. The second-order valence-corrected chi connectivity index (χ2v) is 8.71. The third-order valence-corrected chi connectivity index (χ3v) is 5.72. The SMILES string of the molecule is CCOC(=O)OC1=C(C(C)C)NC(C(C)C)=C(C(=O)N2CCOCC2)C1c1ccc(F)cc1. The Bertz CT molecular complexity index is 931. The zero-order chi connectivity index (χ0) is 24.1. The zero-order valence-electron chi connectivity index (χ0n) is 19.9. The fourth-order valence-electron chi connectivity index (χ4n) is 4.10. The van der Waals surface area contributed by atoms with Gasteiger partial charge in [-0.25, -0.2) is 9.18 Å².